The van der Waals surface area contributed by atoms with Crippen molar-refractivity contribution in [2.24, 2.45) is 11.8 Å². The summed E-state index contributed by atoms with van der Waals surface area (Å²) in [7, 11) is 0. The lowest BCUT2D eigenvalue weighted by molar-refractivity contribution is 0.0244. The van der Waals surface area contributed by atoms with Gasteiger partial charge in [0, 0.05) is 53.8 Å². The van der Waals surface area contributed by atoms with Gasteiger partial charge in [-0.05, 0) is 71.5 Å². The maximum absolute atomic E-state index is 16.5. The summed E-state index contributed by atoms with van der Waals surface area (Å²) in [5.41, 5.74) is -0.922. The number of hydrogen-bond donors (Lipinski definition) is 3. The number of amides is 4. The summed E-state index contributed by atoms with van der Waals surface area (Å²) in [4.78, 5) is 61.4. The number of rotatable bonds is 4. The molecule has 3 atom stereocenters. The van der Waals surface area contributed by atoms with E-state index in [2.05, 4.69) is 20.6 Å². The number of carboxylic acid groups (broad SMARTS) is 1. The first kappa shape index (κ1) is 34.5. The summed E-state index contributed by atoms with van der Waals surface area (Å²) in [6.45, 7) is 13.0. The van der Waals surface area contributed by atoms with Gasteiger partial charge in [0.15, 0.2) is 5.82 Å². The summed E-state index contributed by atoms with van der Waals surface area (Å²) in [6, 6.07) is 2.98. The number of carbonyl (C=O) groups is 4. The first-order valence-corrected chi connectivity index (χ1v) is 16.1. The van der Waals surface area contributed by atoms with E-state index in [-0.39, 0.29) is 70.7 Å². The molecular formula is C34H39FN6O9. The third-order valence-electron chi connectivity index (χ3n) is 8.44. The number of hydrogen-bond acceptors (Lipinski definition) is 10. The van der Waals surface area contributed by atoms with Crippen LogP contribution in [0.25, 0.3) is 21.9 Å². The molecule has 266 valence electrons. The molecule has 3 aliphatic rings. The van der Waals surface area contributed by atoms with E-state index in [0.717, 1.165) is 4.90 Å². The zero-order chi connectivity index (χ0) is 36.3. The third-order valence-corrected chi connectivity index (χ3v) is 8.44. The fourth-order valence-corrected chi connectivity index (χ4v) is 6.24. The van der Waals surface area contributed by atoms with Gasteiger partial charge < -0.3 is 29.0 Å². The Morgan fingerprint density at radius 1 is 0.940 bits per heavy atom. The van der Waals surface area contributed by atoms with Crippen molar-refractivity contribution in [1.82, 2.24) is 14.9 Å². The molecule has 1 unspecified atom stereocenters. The standard InChI is InChI=1S/C34H39FN6O9/c1-16-19(12-37-28-26(16)41(31(44)45)8-9-47-28)18-10-17-11-23(36-13-20(17)25(24(18)35)39-30(43)49-33(2,3)4)38-29(42)48-27-21-14-40(15-22(21)27)32(46)50-34(5,6)7/h10-13,21-22,27H,8-9,14-15H2,1-7H3,(H,39,43)(H,44,45)(H,36,38,42)/t21-,22+,27?. The van der Waals surface area contributed by atoms with Crippen LogP contribution in [0.3, 0.4) is 0 Å². The van der Waals surface area contributed by atoms with Crippen molar-refractivity contribution >= 4 is 52.3 Å². The van der Waals surface area contributed by atoms with Crippen molar-refractivity contribution in [2.75, 3.05) is 41.8 Å². The number of halogens is 1. The van der Waals surface area contributed by atoms with Gasteiger partial charge in [-0.15, -0.1) is 0 Å². The molecule has 1 aliphatic carbocycles. The molecule has 3 N–H and O–H groups in total. The molecule has 0 spiro atoms. The van der Waals surface area contributed by atoms with Crippen LogP contribution in [0.2, 0.25) is 0 Å². The number of benzene rings is 1. The SMILES string of the molecule is Cc1c(-c2cc3cc(NC(=O)OC4[C@H]5CN(C(=O)OC(C)(C)C)C[C@@H]45)ncc3c(NC(=O)OC(C)(C)C)c2F)cnc2c1N(C(=O)O)CCO2. The second-order valence-corrected chi connectivity index (χ2v) is 14.5. The van der Waals surface area contributed by atoms with Crippen LogP contribution < -0.4 is 20.3 Å². The molecule has 1 aromatic carbocycles. The molecule has 4 heterocycles. The van der Waals surface area contributed by atoms with Crippen molar-refractivity contribution < 1.29 is 47.6 Å². The molecule has 1 saturated carbocycles. The van der Waals surface area contributed by atoms with Gasteiger partial charge in [0.05, 0.1) is 12.2 Å². The lowest BCUT2D eigenvalue weighted by atomic mass is 9.96. The molecule has 15 nitrogen and oxygen atoms in total. The van der Waals surface area contributed by atoms with Crippen LogP contribution in [0.1, 0.15) is 47.1 Å². The van der Waals surface area contributed by atoms with Crippen LogP contribution in [0.15, 0.2) is 24.5 Å². The first-order chi connectivity index (χ1) is 23.4. The number of piperidine rings is 1. The highest BCUT2D eigenvalue weighted by Crippen LogP contribution is 2.48. The molecule has 2 aromatic heterocycles. The third kappa shape index (κ3) is 7.00. The minimum atomic E-state index is -1.22. The molecule has 1 saturated heterocycles. The van der Waals surface area contributed by atoms with Crippen LogP contribution in [-0.2, 0) is 14.2 Å². The number of carbonyl (C=O) groups excluding carboxylic acids is 3. The molecule has 0 radical (unpaired) electrons. The Kier molecular flexibility index (Phi) is 8.60. The number of fused-ring (bicyclic) bond motifs is 3. The highest BCUT2D eigenvalue weighted by Gasteiger charge is 2.60. The van der Waals surface area contributed by atoms with E-state index >= 15 is 4.39 Å². The fourth-order valence-electron chi connectivity index (χ4n) is 6.24. The molecule has 0 bridgehead atoms. The molecule has 16 heteroatoms. The molecule has 2 fully saturated rings. The van der Waals surface area contributed by atoms with Gasteiger partial charge >= 0.3 is 24.4 Å². The number of likely N-dealkylation sites (tertiary alicyclic amines) is 1. The molecule has 4 amide bonds. The zero-order valence-electron chi connectivity index (χ0n) is 28.7. The van der Waals surface area contributed by atoms with Gasteiger partial charge in [0.25, 0.3) is 0 Å². The van der Waals surface area contributed by atoms with Gasteiger partial charge in [-0.2, -0.15) is 0 Å². The van der Waals surface area contributed by atoms with Gasteiger partial charge in [-0.3, -0.25) is 15.5 Å². The lowest BCUT2D eigenvalue weighted by Crippen LogP contribution is -2.38. The molecule has 2 aliphatic heterocycles. The normalized spacial score (nSPS) is 19.6. The Morgan fingerprint density at radius 3 is 2.26 bits per heavy atom. The second kappa shape index (κ2) is 12.5. The Balaban J connectivity index is 1.28. The zero-order valence-corrected chi connectivity index (χ0v) is 28.7. The summed E-state index contributed by atoms with van der Waals surface area (Å²) in [5.74, 6) is -0.647. The number of anilines is 3. The second-order valence-electron chi connectivity index (χ2n) is 14.5. The molecular weight excluding hydrogens is 655 g/mol. The average molecular weight is 695 g/mol. The van der Waals surface area contributed by atoms with Gasteiger partial charge in [0.1, 0.15) is 35.4 Å². The summed E-state index contributed by atoms with van der Waals surface area (Å²) in [6.07, 6.45) is -0.981. The summed E-state index contributed by atoms with van der Waals surface area (Å²) < 4.78 is 38.5. The van der Waals surface area contributed by atoms with Gasteiger partial charge in [-0.25, -0.2) is 33.5 Å². The topological polar surface area (TPSA) is 182 Å². The number of pyridine rings is 2. The molecule has 6 rings (SSSR count). The minimum Gasteiger partial charge on any atom is -0.474 e. The maximum Gasteiger partial charge on any atom is 0.413 e. The van der Waals surface area contributed by atoms with Gasteiger partial charge in [-0.1, -0.05) is 0 Å². The Morgan fingerprint density at radius 2 is 1.62 bits per heavy atom. The van der Waals surface area contributed by atoms with Gasteiger partial charge in [0.2, 0.25) is 5.88 Å². The highest BCUT2D eigenvalue weighted by molar-refractivity contribution is 6.05. The van der Waals surface area contributed by atoms with Crippen LogP contribution in [0.4, 0.5) is 40.8 Å². The fraction of sp³-hybridized carbons (Fsp3) is 0.471. The Hall–Kier alpha value is -5.41. The van der Waals surface area contributed by atoms with E-state index in [1.807, 2.05) is 0 Å². The average Bonchev–Trinajstić information content (AvgIpc) is 3.41. The predicted molar refractivity (Wildman–Crippen MR) is 179 cm³/mol. The lowest BCUT2D eigenvalue weighted by Gasteiger charge is -2.29. The van der Waals surface area contributed by atoms with Crippen LogP contribution in [0, 0.1) is 24.6 Å². The summed E-state index contributed by atoms with van der Waals surface area (Å²) in [5, 5.41) is 15.5. The quantitative estimate of drug-likeness (QED) is 0.258. The summed E-state index contributed by atoms with van der Waals surface area (Å²) >= 11 is 0. The van der Waals surface area contributed by atoms with E-state index in [1.165, 1.54) is 24.5 Å². The van der Waals surface area contributed by atoms with Crippen molar-refractivity contribution in [1.29, 1.82) is 0 Å². The largest absolute Gasteiger partial charge is 0.474 e. The molecule has 3 aromatic rings. The van der Waals surface area contributed by atoms with Crippen LogP contribution in [-0.4, -0.2) is 87.9 Å². The van der Waals surface area contributed by atoms with Crippen molar-refractivity contribution in [3.05, 3.63) is 35.9 Å². The minimum absolute atomic E-state index is 0.000712. The monoisotopic (exact) mass is 694 g/mol. The van der Waals surface area contributed by atoms with E-state index in [1.54, 1.807) is 53.4 Å². The number of nitrogens with zero attached hydrogens (tertiary/aromatic N) is 4. The van der Waals surface area contributed by atoms with Crippen LogP contribution in [0.5, 0.6) is 5.88 Å². The van der Waals surface area contributed by atoms with E-state index in [0.29, 0.717) is 24.0 Å². The highest BCUT2D eigenvalue weighted by atomic mass is 19.1. The Bertz CT molecular complexity index is 1890. The van der Waals surface area contributed by atoms with E-state index in [9.17, 15) is 24.3 Å². The van der Waals surface area contributed by atoms with Crippen molar-refractivity contribution in [3.63, 3.8) is 0 Å². The smallest absolute Gasteiger partial charge is 0.413 e. The number of aromatic nitrogens is 2. The first-order valence-electron chi connectivity index (χ1n) is 16.1. The van der Waals surface area contributed by atoms with Crippen molar-refractivity contribution in [2.45, 2.75) is 65.8 Å². The number of ether oxygens (including phenoxy) is 4. The van der Waals surface area contributed by atoms with Crippen LogP contribution >= 0.6 is 0 Å². The molecule has 50 heavy (non-hydrogen) atoms. The van der Waals surface area contributed by atoms with E-state index < -0.39 is 41.4 Å². The predicted octanol–water partition coefficient (Wildman–Crippen LogP) is 6.38. The van der Waals surface area contributed by atoms with Crippen molar-refractivity contribution in [3.8, 4) is 17.0 Å². The maximum atomic E-state index is 16.5. The Labute approximate surface area is 287 Å². The van der Waals surface area contributed by atoms with E-state index in [4.69, 9.17) is 18.9 Å². The number of nitrogens with one attached hydrogen (secondary N) is 2.